The number of rotatable bonds is 4. The number of nitrogens with one attached hydrogen (secondary N) is 1. The highest BCUT2D eigenvalue weighted by Crippen LogP contribution is 2.20. The molecule has 1 aromatic heterocycles. The van der Waals surface area contributed by atoms with Gasteiger partial charge < -0.3 is 5.32 Å². The van der Waals surface area contributed by atoms with E-state index in [9.17, 15) is 0 Å². The molecule has 0 amide bonds. The summed E-state index contributed by atoms with van der Waals surface area (Å²) in [6, 6.07) is 8.41. The molecule has 0 aliphatic rings. The van der Waals surface area contributed by atoms with Crippen molar-refractivity contribution in [2.24, 2.45) is 5.92 Å². The Kier molecular flexibility index (Phi) is 3.94. The van der Waals surface area contributed by atoms with Gasteiger partial charge in [-0.1, -0.05) is 35.0 Å². The van der Waals surface area contributed by atoms with Crippen LogP contribution in [0.25, 0.3) is 10.9 Å². The SMILES string of the molecule is CC(CBr)C(C)Nc1ncnc2ccccc12. The van der Waals surface area contributed by atoms with Crippen LogP contribution in [-0.2, 0) is 0 Å². The Morgan fingerprint density at radius 1 is 1.24 bits per heavy atom. The lowest BCUT2D eigenvalue weighted by molar-refractivity contribution is 0.571. The summed E-state index contributed by atoms with van der Waals surface area (Å²) in [6.07, 6.45) is 1.61. The highest BCUT2D eigenvalue weighted by atomic mass is 79.9. The zero-order valence-electron chi connectivity index (χ0n) is 10.0. The van der Waals surface area contributed by atoms with Gasteiger partial charge in [0.25, 0.3) is 0 Å². The fourth-order valence-electron chi connectivity index (χ4n) is 1.61. The summed E-state index contributed by atoms with van der Waals surface area (Å²) in [7, 11) is 0. The number of para-hydroxylation sites is 1. The van der Waals surface area contributed by atoms with Crippen molar-refractivity contribution in [1.82, 2.24) is 9.97 Å². The first-order chi connectivity index (χ1) is 8.22. The Bertz CT molecular complexity index is 495. The normalized spacial score (nSPS) is 14.5. The molecule has 0 aliphatic heterocycles. The summed E-state index contributed by atoms with van der Waals surface area (Å²) >= 11 is 3.51. The molecule has 0 bridgehead atoms. The quantitative estimate of drug-likeness (QED) is 0.878. The molecule has 2 rings (SSSR count). The van der Waals surface area contributed by atoms with Gasteiger partial charge in [0, 0.05) is 16.8 Å². The largest absolute Gasteiger partial charge is 0.367 e. The fraction of sp³-hybridized carbons (Fsp3) is 0.385. The van der Waals surface area contributed by atoms with Crippen LogP contribution in [0.15, 0.2) is 30.6 Å². The first-order valence-electron chi connectivity index (χ1n) is 5.74. The Labute approximate surface area is 110 Å². The lowest BCUT2D eigenvalue weighted by Gasteiger charge is -2.20. The molecule has 0 spiro atoms. The molecule has 1 aromatic carbocycles. The number of alkyl halides is 1. The van der Waals surface area contributed by atoms with Crippen molar-refractivity contribution in [2.75, 3.05) is 10.6 Å². The number of hydrogen-bond acceptors (Lipinski definition) is 3. The zero-order chi connectivity index (χ0) is 12.3. The molecule has 1 heterocycles. The summed E-state index contributed by atoms with van der Waals surface area (Å²) in [5.74, 6) is 1.46. The van der Waals surface area contributed by atoms with E-state index in [1.54, 1.807) is 6.33 Å². The Hall–Kier alpha value is -1.16. The predicted molar refractivity (Wildman–Crippen MR) is 75.6 cm³/mol. The summed E-state index contributed by atoms with van der Waals surface area (Å²) < 4.78 is 0. The molecule has 17 heavy (non-hydrogen) atoms. The third kappa shape index (κ3) is 2.75. The van der Waals surface area contributed by atoms with Crippen LogP contribution in [0.1, 0.15) is 13.8 Å². The maximum absolute atomic E-state index is 4.33. The van der Waals surface area contributed by atoms with Crippen molar-refractivity contribution < 1.29 is 0 Å². The minimum absolute atomic E-state index is 0.368. The van der Waals surface area contributed by atoms with E-state index in [4.69, 9.17) is 0 Å². The third-order valence-corrected chi connectivity index (χ3v) is 4.03. The molecule has 4 heteroatoms. The first-order valence-corrected chi connectivity index (χ1v) is 6.86. The molecule has 0 saturated carbocycles. The number of aromatic nitrogens is 2. The van der Waals surface area contributed by atoms with Gasteiger partial charge in [0.2, 0.25) is 0 Å². The van der Waals surface area contributed by atoms with Gasteiger partial charge in [0.1, 0.15) is 12.1 Å². The van der Waals surface area contributed by atoms with Gasteiger partial charge in [-0.3, -0.25) is 0 Å². The summed E-state index contributed by atoms with van der Waals surface area (Å²) in [4.78, 5) is 8.58. The van der Waals surface area contributed by atoms with Crippen LogP contribution in [0.5, 0.6) is 0 Å². The second-order valence-electron chi connectivity index (χ2n) is 4.30. The summed E-state index contributed by atoms with van der Waals surface area (Å²) in [5, 5.41) is 5.50. The maximum Gasteiger partial charge on any atom is 0.137 e. The van der Waals surface area contributed by atoms with Gasteiger partial charge in [0.15, 0.2) is 0 Å². The van der Waals surface area contributed by atoms with Crippen LogP contribution in [0.3, 0.4) is 0 Å². The fourth-order valence-corrected chi connectivity index (χ4v) is 2.17. The molecule has 0 radical (unpaired) electrons. The van der Waals surface area contributed by atoms with Gasteiger partial charge >= 0.3 is 0 Å². The van der Waals surface area contributed by atoms with Crippen molar-refractivity contribution in [3.63, 3.8) is 0 Å². The summed E-state index contributed by atoms with van der Waals surface area (Å²) in [5.41, 5.74) is 0.976. The third-order valence-electron chi connectivity index (χ3n) is 3.00. The smallest absolute Gasteiger partial charge is 0.137 e. The Morgan fingerprint density at radius 3 is 2.76 bits per heavy atom. The van der Waals surface area contributed by atoms with E-state index in [0.717, 1.165) is 22.1 Å². The van der Waals surface area contributed by atoms with E-state index in [-0.39, 0.29) is 0 Å². The molecular formula is C13H16BrN3. The molecule has 3 nitrogen and oxygen atoms in total. The van der Waals surface area contributed by atoms with E-state index >= 15 is 0 Å². The topological polar surface area (TPSA) is 37.8 Å². The van der Waals surface area contributed by atoms with Crippen LogP contribution < -0.4 is 5.32 Å². The van der Waals surface area contributed by atoms with Crippen LogP contribution in [0.2, 0.25) is 0 Å². The Balaban J connectivity index is 2.30. The molecule has 0 aliphatic carbocycles. The lowest BCUT2D eigenvalue weighted by Crippen LogP contribution is -2.25. The molecule has 0 fully saturated rings. The number of hydrogen-bond donors (Lipinski definition) is 1. The molecule has 0 saturated heterocycles. The Morgan fingerprint density at radius 2 is 2.00 bits per heavy atom. The molecule has 2 unspecified atom stereocenters. The molecule has 2 aromatic rings. The van der Waals surface area contributed by atoms with Gasteiger partial charge in [-0.2, -0.15) is 0 Å². The van der Waals surface area contributed by atoms with Crippen LogP contribution in [-0.4, -0.2) is 21.3 Å². The van der Waals surface area contributed by atoms with E-state index in [1.807, 2.05) is 24.3 Å². The second-order valence-corrected chi connectivity index (χ2v) is 4.95. The number of nitrogens with zero attached hydrogens (tertiary/aromatic N) is 2. The van der Waals surface area contributed by atoms with Gasteiger partial charge in [-0.05, 0) is 25.0 Å². The molecular weight excluding hydrogens is 278 g/mol. The van der Waals surface area contributed by atoms with E-state index in [2.05, 4.69) is 45.1 Å². The van der Waals surface area contributed by atoms with Crippen molar-refractivity contribution in [3.05, 3.63) is 30.6 Å². The van der Waals surface area contributed by atoms with E-state index in [1.165, 1.54) is 0 Å². The number of halogens is 1. The maximum atomic E-state index is 4.33. The summed E-state index contributed by atoms with van der Waals surface area (Å²) in [6.45, 7) is 4.37. The van der Waals surface area contributed by atoms with Gasteiger partial charge in [-0.15, -0.1) is 0 Å². The van der Waals surface area contributed by atoms with Crippen molar-refractivity contribution in [3.8, 4) is 0 Å². The van der Waals surface area contributed by atoms with E-state index in [0.29, 0.717) is 12.0 Å². The number of anilines is 1. The van der Waals surface area contributed by atoms with E-state index < -0.39 is 0 Å². The minimum Gasteiger partial charge on any atom is -0.367 e. The van der Waals surface area contributed by atoms with Crippen LogP contribution in [0.4, 0.5) is 5.82 Å². The predicted octanol–water partition coefficient (Wildman–Crippen LogP) is 3.46. The zero-order valence-corrected chi connectivity index (χ0v) is 11.6. The second kappa shape index (κ2) is 5.45. The highest BCUT2D eigenvalue weighted by Gasteiger charge is 2.12. The van der Waals surface area contributed by atoms with Crippen molar-refractivity contribution in [2.45, 2.75) is 19.9 Å². The number of benzene rings is 1. The molecule has 90 valence electrons. The van der Waals surface area contributed by atoms with Crippen LogP contribution in [0, 0.1) is 5.92 Å². The monoisotopic (exact) mass is 293 g/mol. The van der Waals surface area contributed by atoms with Gasteiger partial charge in [0.05, 0.1) is 5.52 Å². The molecule has 1 N–H and O–H groups in total. The standard InChI is InChI=1S/C13H16BrN3/c1-9(7-14)10(2)17-13-11-5-3-4-6-12(11)15-8-16-13/h3-6,8-10H,7H2,1-2H3,(H,15,16,17). The van der Waals surface area contributed by atoms with Crippen LogP contribution >= 0.6 is 15.9 Å². The highest BCUT2D eigenvalue weighted by molar-refractivity contribution is 9.09. The average Bonchev–Trinajstić information content (AvgIpc) is 2.38. The number of fused-ring (bicyclic) bond motifs is 1. The van der Waals surface area contributed by atoms with Crippen molar-refractivity contribution >= 4 is 32.7 Å². The minimum atomic E-state index is 0.368. The average molecular weight is 294 g/mol. The lowest BCUT2D eigenvalue weighted by atomic mass is 10.1. The van der Waals surface area contributed by atoms with Gasteiger partial charge in [-0.25, -0.2) is 9.97 Å². The van der Waals surface area contributed by atoms with Crippen molar-refractivity contribution in [1.29, 1.82) is 0 Å². The first kappa shape index (κ1) is 12.3. The molecule has 2 atom stereocenters.